The maximum absolute atomic E-state index is 12.4. The van der Waals surface area contributed by atoms with Gasteiger partial charge in [-0.15, -0.1) is 0 Å². The Morgan fingerprint density at radius 3 is 1.68 bits per heavy atom. The van der Waals surface area contributed by atoms with E-state index in [4.69, 9.17) is 23.7 Å². The van der Waals surface area contributed by atoms with Crippen LogP contribution in [0, 0.1) is 0 Å². The summed E-state index contributed by atoms with van der Waals surface area (Å²) in [6, 6.07) is 0. The number of carbonyl (C=O) groups excluding carboxylic acids is 4. The van der Waals surface area contributed by atoms with Crippen molar-refractivity contribution in [3.05, 3.63) is 0 Å². The van der Waals surface area contributed by atoms with Crippen LogP contribution in [0.2, 0.25) is 0 Å². The molecule has 0 aromatic rings. The van der Waals surface area contributed by atoms with Crippen molar-refractivity contribution in [2.75, 3.05) is 33.9 Å². The summed E-state index contributed by atoms with van der Waals surface area (Å²) in [4.78, 5) is 53.0. The number of nitrogens with one attached hydrogen (secondary N) is 3. The molecule has 0 aliphatic heterocycles. The Kier molecular flexibility index (Phi) is 14.8. The molecule has 0 saturated carbocycles. The quantitative estimate of drug-likeness (QED) is 0.0652. The molecule has 0 bridgehead atoms. The highest BCUT2D eigenvalue weighted by atomic mass is 16.7. The third kappa shape index (κ3) is 14.4. The van der Waals surface area contributed by atoms with Crippen molar-refractivity contribution in [2.24, 2.45) is 4.99 Å². The van der Waals surface area contributed by atoms with Gasteiger partial charge in [0, 0.05) is 27.3 Å². The largest absolute Gasteiger partial charge is 0.462 e. The Morgan fingerprint density at radius 1 is 0.757 bits per heavy atom. The van der Waals surface area contributed by atoms with E-state index in [2.05, 4.69) is 20.9 Å². The zero-order chi connectivity index (χ0) is 28.7. The second-order valence-corrected chi connectivity index (χ2v) is 9.90. The van der Waals surface area contributed by atoms with Gasteiger partial charge in [0.05, 0.1) is 6.61 Å². The molecule has 0 aromatic heterocycles. The number of rotatable bonds is 12. The first-order chi connectivity index (χ1) is 17.1. The Balaban J connectivity index is 4.72. The Hall–Kier alpha value is -2.93. The summed E-state index contributed by atoms with van der Waals surface area (Å²) < 4.78 is 25.3. The van der Waals surface area contributed by atoms with Crippen LogP contribution in [0.25, 0.3) is 0 Å². The number of hydrogen-bond acceptors (Lipinski definition) is 10. The highest BCUT2D eigenvalue weighted by Crippen LogP contribution is 2.14. The first-order valence-electron chi connectivity index (χ1n) is 12.2. The van der Waals surface area contributed by atoms with Crippen LogP contribution < -0.4 is 16.0 Å². The number of hydrogen-bond donors (Lipinski definition) is 3. The lowest BCUT2D eigenvalue weighted by molar-refractivity contribution is -0.226. The van der Waals surface area contributed by atoms with Crippen LogP contribution in [-0.2, 0) is 33.3 Å². The van der Waals surface area contributed by atoms with Crippen molar-refractivity contribution in [1.29, 1.82) is 0 Å². The van der Waals surface area contributed by atoms with Crippen LogP contribution >= 0.6 is 0 Å². The standard InChI is InChI=1S/C24H44N4O9/c1-10-35-18(30)24(33-8,34-9)17(29)25-15-13-11-12-14-16-26-19(27-20(31)36-22(2,3)4)28-21(32)37-23(5,6)7/h10-16H2,1-9H3,(H,25,29)(H2,26,27,28,31,32). The van der Waals surface area contributed by atoms with Crippen LogP contribution in [-0.4, -0.2) is 80.9 Å². The molecule has 0 fully saturated rings. The smallest absolute Gasteiger partial charge is 0.414 e. The number of ether oxygens (including phenoxy) is 5. The summed E-state index contributed by atoms with van der Waals surface area (Å²) >= 11 is 0. The normalized spacial score (nSPS) is 11.7. The fraction of sp³-hybridized carbons (Fsp3) is 0.792. The fourth-order valence-corrected chi connectivity index (χ4v) is 2.76. The number of methoxy groups -OCH3 is 2. The fourth-order valence-electron chi connectivity index (χ4n) is 2.76. The van der Waals surface area contributed by atoms with Crippen LogP contribution in [0.1, 0.15) is 74.1 Å². The molecule has 0 aliphatic rings. The molecule has 0 spiro atoms. The number of guanidine groups is 1. The average Bonchev–Trinajstić information content (AvgIpc) is 2.74. The molecular formula is C24H44N4O9. The summed E-state index contributed by atoms with van der Waals surface area (Å²) in [5.74, 6) is -3.90. The molecule has 0 aliphatic carbocycles. The number of esters is 1. The third-order valence-electron chi connectivity index (χ3n) is 4.30. The van der Waals surface area contributed by atoms with Gasteiger partial charge in [0.1, 0.15) is 11.2 Å². The minimum atomic E-state index is -2.15. The number of carbonyl (C=O) groups is 4. The van der Waals surface area contributed by atoms with Crippen molar-refractivity contribution in [1.82, 2.24) is 16.0 Å². The molecule has 0 saturated heterocycles. The lowest BCUT2D eigenvalue weighted by Gasteiger charge is -2.26. The molecule has 0 heterocycles. The molecule has 37 heavy (non-hydrogen) atoms. The first-order valence-corrected chi connectivity index (χ1v) is 12.2. The van der Waals surface area contributed by atoms with Crippen molar-refractivity contribution >= 4 is 30.0 Å². The van der Waals surface area contributed by atoms with Gasteiger partial charge in [-0.05, 0) is 61.3 Å². The van der Waals surface area contributed by atoms with Crippen LogP contribution in [0.5, 0.6) is 0 Å². The van der Waals surface area contributed by atoms with Gasteiger partial charge in [-0.1, -0.05) is 12.8 Å². The van der Waals surface area contributed by atoms with Crippen molar-refractivity contribution in [3.8, 4) is 0 Å². The highest BCUT2D eigenvalue weighted by molar-refractivity contribution is 6.04. The Bertz CT molecular complexity index is 750. The molecule has 0 radical (unpaired) electrons. The molecule has 0 rings (SSSR count). The second-order valence-electron chi connectivity index (χ2n) is 9.90. The van der Waals surface area contributed by atoms with Crippen LogP contribution in [0.15, 0.2) is 4.99 Å². The first kappa shape index (κ1) is 34.1. The lowest BCUT2D eigenvalue weighted by Crippen LogP contribution is -2.56. The topological polar surface area (TPSA) is 163 Å². The van der Waals surface area contributed by atoms with E-state index in [0.29, 0.717) is 25.9 Å². The van der Waals surface area contributed by atoms with Gasteiger partial charge in [0.2, 0.25) is 5.96 Å². The summed E-state index contributed by atoms with van der Waals surface area (Å²) in [7, 11) is 2.37. The monoisotopic (exact) mass is 532 g/mol. The number of alkyl carbamates (subject to hydrolysis) is 2. The Labute approximate surface area is 219 Å². The molecule has 0 aromatic carbocycles. The van der Waals surface area contributed by atoms with Gasteiger partial charge < -0.3 is 29.0 Å². The molecule has 0 unspecified atom stereocenters. The van der Waals surface area contributed by atoms with Gasteiger partial charge in [-0.25, -0.2) is 14.4 Å². The highest BCUT2D eigenvalue weighted by Gasteiger charge is 2.49. The van der Waals surface area contributed by atoms with Crippen LogP contribution in [0.3, 0.4) is 0 Å². The van der Waals surface area contributed by atoms with Crippen molar-refractivity contribution in [2.45, 2.75) is 91.1 Å². The van der Waals surface area contributed by atoms with E-state index in [-0.39, 0.29) is 12.6 Å². The minimum absolute atomic E-state index is 0.0748. The third-order valence-corrected chi connectivity index (χ3v) is 4.30. The summed E-state index contributed by atoms with van der Waals surface area (Å²) in [5.41, 5.74) is -1.45. The van der Waals surface area contributed by atoms with Gasteiger partial charge in [-0.3, -0.25) is 20.4 Å². The predicted octanol–water partition coefficient (Wildman–Crippen LogP) is 2.62. The molecular weight excluding hydrogens is 488 g/mol. The maximum Gasteiger partial charge on any atom is 0.414 e. The second kappa shape index (κ2) is 16.0. The van der Waals surface area contributed by atoms with E-state index >= 15 is 0 Å². The Morgan fingerprint density at radius 2 is 1.24 bits per heavy atom. The zero-order valence-electron chi connectivity index (χ0n) is 23.6. The van der Waals surface area contributed by atoms with Crippen molar-refractivity contribution in [3.63, 3.8) is 0 Å². The molecule has 13 nitrogen and oxygen atoms in total. The lowest BCUT2D eigenvalue weighted by atomic mass is 10.2. The molecule has 3 N–H and O–H groups in total. The van der Waals surface area contributed by atoms with Crippen molar-refractivity contribution < 1.29 is 42.9 Å². The average molecular weight is 533 g/mol. The van der Waals surface area contributed by atoms with E-state index in [1.807, 2.05) is 0 Å². The SMILES string of the molecule is CCOC(=O)C(OC)(OC)C(=O)NCCCCCCN=C(NC(=O)OC(C)(C)C)NC(=O)OC(C)(C)C. The predicted molar refractivity (Wildman–Crippen MR) is 136 cm³/mol. The number of aliphatic imine (C=N–C) groups is 1. The maximum atomic E-state index is 12.4. The van der Waals surface area contributed by atoms with Crippen LogP contribution in [0.4, 0.5) is 9.59 Å². The van der Waals surface area contributed by atoms with E-state index in [0.717, 1.165) is 12.8 Å². The number of nitrogens with zero attached hydrogens (tertiary/aromatic N) is 1. The van der Waals surface area contributed by atoms with Gasteiger partial charge in [-0.2, -0.15) is 0 Å². The number of unbranched alkanes of at least 4 members (excludes halogenated alkanes) is 3. The molecule has 13 heteroatoms. The minimum Gasteiger partial charge on any atom is -0.462 e. The van der Waals surface area contributed by atoms with Gasteiger partial charge >= 0.3 is 23.9 Å². The van der Waals surface area contributed by atoms with E-state index in [9.17, 15) is 19.2 Å². The zero-order valence-corrected chi connectivity index (χ0v) is 23.6. The van der Waals surface area contributed by atoms with E-state index < -0.39 is 41.1 Å². The molecule has 3 amide bonds. The number of amides is 3. The summed E-state index contributed by atoms with van der Waals surface area (Å²) in [6.07, 6.45) is 1.25. The van der Waals surface area contributed by atoms with Gasteiger partial charge in [0.15, 0.2) is 0 Å². The summed E-state index contributed by atoms with van der Waals surface area (Å²) in [5, 5.41) is 7.46. The summed E-state index contributed by atoms with van der Waals surface area (Å²) in [6.45, 7) is 12.6. The van der Waals surface area contributed by atoms with E-state index in [1.54, 1.807) is 48.5 Å². The van der Waals surface area contributed by atoms with Gasteiger partial charge in [0.25, 0.3) is 5.91 Å². The molecule has 214 valence electrons. The molecule has 0 atom stereocenters. The van der Waals surface area contributed by atoms with E-state index in [1.165, 1.54) is 14.2 Å².